The van der Waals surface area contributed by atoms with E-state index in [9.17, 15) is 14.9 Å². The van der Waals surface area contributed by atoms with Crippen LogP contribution < -0.4 is 5.32 Å². The van der Waals surface area contributed by atoms with Crippen molar-refractivity contribution < 1.29 is 14.8 Å². The van der Waals surface area contributed by atoms with Crippen LogP contribution in [0.25, 0.3) is 0 Å². The third-order valence-electron chi connectivity index (χ3n) is 3.32. The number of carboxylic acids is 1. The Kier molecular flexibility index (Phi) is 5.09. The Labute approximate surface area is 152 Å². The van der Waals surface area contributed by atoms with E-state index in [2.05, 4.69) is 15.3 Å². The van der Waals surface area contributed by atoms with E-state index in [1.807, 2.05) is 30.3 Å². The van der Waals surface area contributed by atoms with Crippen LogP contribution in [0, 0.1) is 10.1 Å². The summed E-state index contributed by atoms with van der Waals surface area (Å²) in [5.41, 5.74) is 0.351. The van der Waals surface area contributed by atoms with Crippen LogP contribution in [0.2, 0.25) is 0 Å². The van der Waals surface area contributed by atoms with E-state index >= 15 is 0 Å². The summed E-state index contributed by atoms with van der Waals surface area (Å²) in [4.78, 5) is 30.7. The topological polar surface area (TPSA) is 118 Å². The fourth-order valence-corrected chi connectivity index (χ4v) is 3.01. The molecular weight excluding hydrogens is 356 g/mol. The monoisotopic (exact) mass is 368 g/mol. The van der Waals surface area contributed by atoms with Crippen LogP contribution in [-0.4, -0.2) is 26.0 Å². The van der Waals surface area contributed by atoms with Gasteiger partial charge in [0.2, 0.25) is 5.82 Å². The van der Waals surface area contributed by atoms with Crippen molar-refractivity contribution in [2.75, 3.05) is 5.32 Å². The van der Waals surface area contributed by atoms with Gasteiger partial charge < -0.3 is 10.4 Å². The van der Waals surface area contributed by atoms with Crippen LogP contribution in [0.4, 0.5) is 17.2 Å². The summed E-state index contributed by atoms with van der Waals surface area (Å²) in [5, 5.41) is 23.5. The Balaban J connectivity index is 1.92. The molecule has 8 nitrogen and oxygen atoms in total. The number of anilines is 2. The van der Waals surface area contributed by atoms with Gasteiger partial charge >= 0.3 is 11.7 Å². The fraction of sp³-hybridized carbons (Fsp3) is 0. The number of carboxylic acid groups (broad SMARTS) is 1. The standard InChI is InChI=1S/C17H12N4O4S/c22-17(23)11-6-8-12(9-7-11)20-15-14(21(24)25)16(19-10-18-15)26-13-4-2-1-3-5-13/h1-10H,(H,22,23)(H,18,19,20). The van der Waals surface area contributed by atoms with Gasteiger partial charge in [0.1, 0.15) is 6.33 Å². The fourth-order valence-electron chi connectivity index (χ4n) is 2.13. The molecule has 3 aromatic rings. The lowest BCUT2D eigenvalue weighted by atomic mass is 10.2. The Morgan fingerprint density at radius 3 is 2.38 bits per heavy atom. The normalized spacial score (nSPS) is 10.3. The summed E-state index contributed by atoms with van der Waals surface area (Å²) in [5.74, 6) is -1.02. The molecule has 130 valence electrons. The smallest absolute Gasteiger partial charge is 0.343 e. The van der Waals surface area contributed by atoms with Gasteiger partial charge in [0.15, 0.2) is 5.03 Å². The molecule has 0 unspecified atom stereocenters. The molecule has 0 aliphatic rings. The molecule has 9 heteroatoms. The summed E-state index contributed by atoms with van der Waals surface area (Å²) >= 11 is 1.16. The lowest BCUT2D eigenvalue weighted by Crippen LogP contribution is -2.03. The summed E-state index contributed by atoms with van der Waals surface area (Å²) in [6.07, 6.45) is 1.24. The zero-order chi connectivity index (χ0) is 18.5. The predicted octanol–water partition coefficient (Wildman–Crippen LogP) is 3.98. The van der Waals surface area contributed by atoms with Crippen LogP contribution >= 0.6 is 11.8 Å². The molecule has 0 atom stereocenters. The minimum absolute atomic E-state index is 0.0338. The molecule has 0 aliphatic carbocycles. The van der Waals surface area contributed by atoms with Gasteiger partial charge in [-0.05, 0) is 36.4 Å². The molecule has 1 aromatic heterocycles. The lowest BCUT2D eigenvalue weighted by molar-refractivity contribution is -0.387. The molecule has 0 fully saturated rings. The number of carbonyl (C=O) groups is 1. The van der Waals surface area contributed by atoms with Gasteiger partial charge in [-0.3, -0.25) is 10.1 Å². The second-order valence-corrected chi connectivity index (χ2v) is 6.12. The summed E-state index contributed by atoms with van der Waals surface area (Å²) in [7, 11) is 0. The van der Waals surface area contributed by atoms with Crippen molar-refractivity contribution in [3.05, 3.63) is 76.6 Å². The Morgan fingerprint density at radius 2 is 1.77 bits per heavy atom. The number of nitrogens with zero attached hydrogens (tertiary/aromatic N) is 3. The summed E-state index contributed by atoms with van der Waals surface area (Å²) < 4.78 is 0. The molecule has 0 aliphatic heterocycles. The maximum atomic E-state index is 11.6. The zero-order valence-electron chi connectivity index (χ0n) is 13.2. The molecule has 3 rings (SSSR count). The van der Waals surface area contributed by atoms with Crippen LogP contribution in [0.15, 0.2) is 70.8 Å². The van der Waals surface area contributed by atoms with Gasteiger partial charge in [-0.2, -0.15) is 0 Å². The van der Waals surface area contributed by atoms with E-state index < -0.39 is 10.9 Å². The lowest BCUT2D eigenvalue weighted by Gasteiger charge is -2.08. The van der Waals surface area contributed by atoms with Crippen molar-refractivity contribution in [1.29, 1.82) is 0 Å². The average Bonchev–Trinajstić information content (AvgIpc) is 2.63. The van der Waals surface area contributed by atoms with Gasteiger partial charge in [-0.1, -0.05) is 30.0 Å². The molecule has 0 bridgehead atoms. The van der Waals surface area contributed by atoms with E-state index in [0.717, 1.165) is 16.7 Å². The first-order valence-electron chi connectivity index (χ1n) is 7.37. The minimum Gasteiger partial charge on any atom is -0.478 e. The van der Waals surface area contributed by atoms with Gasteiger partial charge in [0.05, 0.1) is 10.5 Å². The summed E-state index contributed by atoms with van der Waals surface area (Å²) in [6.45, 7) is 0. The molecule has 0 saturated heterocycles. The first-order chi connectivity index (χ1) is 12.5. The molecule has 1 heterocycles. The zero-order valence-corrected chi connectivity index (χ0v) is 14.0. The molecular formula is C17H12N4O4S. The van der Waals surface area contributed by atoms with E-state index in [4.69, 9.17) is 5.11 Å². The molecule has 2 N–H and O–H groups in total. The number of rotatable bonds is 6. The van der Waals surface area contributed by atoms with Crippen molar-refractivity contribution in [2.24, 2.45) is 0 Å². The Hall–Kier alpha value is -3.46. The van der Waals surface area contributed by atoms with Crippen molar-refractivity contribution in [2.45, 2.75) is 9.92 Å². The third kappa shape index (κ3) is 3.95. The molecule has 26 heavy (non-hydrogen) atoms. The van der Waals surface area contributed by atoms with Gasteiger partial charge in [-0.15, -0.1) is 0 Å². The van der Waals surface area contributed by atoms with Crippen molar-refractivity contribution >= 4 is 34.9 Å². The highest BCUT2D eigenvalue weighted by atomic mass is 32.2. The second kappa shape index (κ2) is 7.62. The number of nitrogens with one attached hydrogen (secondary N) is 1. The van der Waals surface area contributed by atoms with E-state index in [1.54, 1.807) is 0 Å². The quantitative estimate of drug-likeness (QED) is 0.381. The number of nitro groups is 1. The van der Waals surface area contributed by atoms with E-state index in [-0.39, 0.29) is 22.1 Å². The van der Waals surface area contributed by atoms with Crippen LogP contribution in [0.5, 0.6) is 0 Å². The molecule has 0 spiro atoms. The van der Waals surface area contributed by atoms with Gasteiger partial charge in [-0.25, -0.2) is 14.8 Å². The van der Waals surface area contributed by atoms with Gasteiger partial charge in [0.25, 0.3) is 0 Å². The first-order valence-corrected chi connectivity index (χ1v) is 8.19. The number of benzene rings is 2. The Morgan fingerprint density at radius 1 is 1.08 bits per heavy atom. The molecule has 0 saturated carbocycles. The van der Waals surface area contributed by atoms with Crippen molar-refractivity contribution in [3.8, 4) is 0 Å². The van der Waals surface area contributed by atoms with Gasteiger partial charge in [0, 0.05) is 10.6 Å². The SMILES string of the molecule is O=C(O)c1ccc(Nc2ncnc(Sc3ccccc3)c2[N+](=O)[O-])cc1. The predicted molar refractivity (Wildman–Crippen MR) is 95.9 cm³/mol. The average molecular weight is 368 g/mol. The highest BCUT2D eigenvalue weighted by molar-refractivity contribution is 7.99. The number of aromatic nitrogens is 2. The van der Waals surface area contributed by atoms with Crippen molar-refractivity contribution in [3.63, 3.8) is 0 Å². The minimum atomic E-state index is -1.05. The third-order valence-corrected chi connectivity index (χ3v) is 4.32. The number of hydrogen-bond donors (Lipinski definition) is 2. The van der Waals surface area contributed by atoms with Crippen LogP contribution in [-0.2, 0) is 0 Å². The molecule has 0 amide bonds. The van der Waals surface area contributed by atoms with E-state index in [1.165, 1.54) is 30.6 Å². The molecule has 2 aromatic carbocycles. The highest BCUT2D eigenvalue weighted by Gasteiger charge is 2.24. The van der Waals surface area contributed by atoms with Crippen LogP contribution in [0.1, 0.15) is 10.4 Å². The van der Waals surface area contributed by atoms with Crippen LogP contribution in [0.3, 0.4) is 0 Å². The number of hydrogen-bond acceptors (Lipinski definition) is 7. The first kappa shape index (κ1) is 17.4. The Bertz CT molecular complexity index is 949. The maximum Gasteiger partial charge on any atom is 0.343 e. The van der Waals surface area contributed by atoms with Crippen molar-refractivity contribution in [1.82, 2.24) is 9.97 Å². The summed E-state index contributed by atoms with van der Waals surface area (Å²) in [6, 6.07) is 15.0. The van der Waals surface area contributed by atoms with E-state index in [0.29, 0.717) is 5.69 Å². The molecule has 0 radical (unpaired) electrons. The largest absolute Gasteiger partial charge is 0.478 e. The second-order valence-electron chi connectivity index (χ2n) is 5.06. The number of aromatic carboxylic acids is 1. The maximum absolute atomic E-state index is 11.6. The highest BCUT2D eigenvalue weighted by Crippen LogP contribution is 2.37.